The van der Waals surface area contributed by atoms with Gasteiger partial charge < -0.3 is 5.32 Å². The van der Waals surface area contributed by atoms with Crippen molar-refractivity contribution < 1.29 is 4.79 Å². The molecule has 3 heteroatoms. The Hall–Kier alpha value is -0.340. The van der Waals surface area contributed by atoms with Crippen LogP contribution >= 0.6 is 11.6 Å². The Labute approximate surface area is 59.9 Å². The topological polar surface area (TPSA) is 29.1 Å². The molecule has 0 rings (SSSR count). The van der Waals surface area contributed by atoms with Crippen molar-refractivity contribution in [3.63, 3.8) is 0 Å². The molecule has 0 aromatic heterocycles. The van der Waals surface area contributed by atoms with Crippen molar-refractivity contribution in [1.82, 2.24) is 5.32 Å². The Balaban J connectivity index is 3.67. The Kier molecular flexibility index (Phi) is 4.36. The molecule has 0 aliphatic rings. The zero-order valence-electron chi connectivity index (χ0n) is 5.36. The fourth-order valence-electron chi connectivity index (χ4n) is 0.491. The van der Waals surface area contributed by atoms with Crippen LogP contribution in [0.3, 0.4) is 0 Å². The molecule has 9 heavy (non-hydrogen) atoms. The van der Waals surface area contributed by atoms with Gasteiger partial charge in [-0.3, -0.25) is 4.79 Å². The summed E-state index contributed by atoms with van der Waals surface area (Å²) >= 11 is 5.17. The molecule has 0 unspecified atom stereocenters. The van der Waals surface area contributed by atoms with Crippen molar-refractivity contribution in [2.75, 3.05) is 7.05 Å². The van der Waals surface area contributed by atoms with Gasteiger partial charge >= 0.3 is 0 Å². The molecule has 0 spiro atoms. The van der Waals surface area contributed by atoms with E-state index in [1.165, 1.54) is 0 Å². The molecule has 52 valence electrons. The van der Waals surface area contributed by atoms with Crippen molar-refractivity contribution in [2.24, 2.45) is 0 Å². The Morgan fingerprint density at radius 3 is 2.67 bits per heavy atom. The first-order valence-electron chi connectivity index (χ1n) is 2.70. The molecule has 0 bridgehead atoms. The minimum Gasteiger partial charge on any atom is -0.309 e. The monoisotopic (exact) mass is 147 g/mol. The standard InChI is InChI=1S/C6H10ClNO/c1-3-4-5(8-2)6(7)9/h3,5,8H,1,4H2,2H3/t5-/m0/s1. The van der Waals surface area contributed by atoms with E-state index in [-0.39, 0.29) is 11.3 Å². The van der Waals surface area contributed by atoms with Gasteiger partial charge in [-0.1, -0.05) is 6.08 Å². The smallest absolute Gasteiger partial charge is 0.238 e. The van der Waals surface area contributed by atoms with Gasteiger partial charge in [0.1, 0.15) is 0 Å². The minimum atomic E-state index is -0.364. The molecule has 1 N–H and O–H groups in total. The van der Waals surface area contributed by atoms with Gasteiger partial charge in [0.05, 0.1) is 6.04 Å². The van der Waals surface area contributed by atoms with E-state index in [9.17, 15) is 4.79 Å². The molecule has 2 nitrogen and oxygen atoms in total. The maximum Gasteiger partial charge on any atom is 0.238 e. The predicted molar refractivity (Wildman–Crippen MR) is 38.5 cm³/mol. The highest BCUT2D eigenvalue weighted by atomic mass is 35.5. The third kappa shape index (κ3) is 3.27. The fraction of sp³-hybridized carbons (Fsp3) is 0.500. The number of hydrogen-bond acceptors (Lipinski definition) is 2. The largest absolute Gasteiger partial charge is 0.309 e. The summed E-state index contributed by atoms with van der Waals surface area (Å²) < 4.78 is 0. The summed E-state index contributed by atoms with van der Waals surface area (Å²) in [6.45, 7) is 3.48. The zero-order chi connectivity index (χ0) is 7.28. The van der Waals surface area contributed by atoms with E-state index in [2.05, 4.69) is 11.9 Å². The van der Waals surface area contributed by atoms with Crippen LogP contribution in [0.5, 0.6) is 0 Å². The number of carbonyl (C=O) groups excluding carboxylic acids is 1. The maximum atomic E-state index is 10.4. The van der Waals surface area contributed by atoms with Crippen LogP contribution in [0.25, 0.3) is 0 Å². The van der Waals surface area contributed by atoms with Crippen LogP contribution in [0.1, 0.15) is 6.42 Å². The molecule has 0 aromatic rings. The Morgan fingerprint density at radius 1 is 2.00 bits per heavy atom. The summed E-state index contributed by atoms with van der Waals surface area (Å²) in [7, 11) is 1.69. The summed E-state index contributed by atoms with van der Waals surface area (Å²) in [5, 5.41) is 2.39. The zero-order valence-corrected chi connectivity index (χ0v) is 6.11. The molecular formula is C6H10ClNO. The molecule has 0 amide bonds. The molecule has 1 atom stereocenters. The van der Waals surface area contributed by atoms with E-state index >= 15 is 0 Å². The lowest BCUT2D eigenvalue weighted by Gasteiger charge is -2.05. The van der Waals surface area contributed by atoms with Crippen LogP contribution in [0, 0.1) is 0 Å². The van der Waals surface area contributed by atoms with Crippen LogP contribution in [0.2, 0.25) is 0 Å². The highest BCUT2D eigenvalue weighted by Crippen LogP contribution is 1.96. The lowest BCUT2D eigenvalue weighted by molar-refractivity contribution is -0.113. The number of likely N-dealkylation sites (N-methyl/N-ethyl adjacent to an activating group) is 1. The second-order valence-corrected chi connectivity index (χ2v) is 2.04. The van der Waals surface area contributed by atoms with Crippen molar-refractivity contribution >= 4 is 16.8 Å². The SMILES string of the molecule is C=CC[C@H](NC)C(=O)Cl. The van der Waals surface area contributed by atoms with Gasteiger partial charge in [-0.05, 0) is 25.1 Å². The normalized spacial score (nSPS) is 12.7. The number of halogens is 1. The van der Waals surface area contributed by atoms with E-state index in [0.717, 1.165) is 0 Å². The van der Waals surface area contributed by atoms with Crippen molar-refractivity contribution in [3.8, 4) is 0 Å². The quantitative estimate of drug-likeness (QED) is 0.473. The molecule has 0 radical (unpaired) electrons. The molecule has 0 saturated carbocycles. The molecule has 0 saturated heterocycles. The lowest BCUT2D eigenvalue weighted by atomic mass is 10.2. The summed E-state index contributed by atoms with van der Waals surface area (Å²) in [5.74, 6) is 0. The summed E-state index contributed by atoms with van der Waals surface area (Å²) in [6.07, 6.45) is 2.24. The van der Waals surface area contributed by atoms with Crippen molar-refractivity contribution in [3.05, 3.63) is 12.7 Å². The van der Waals surface area contributed by atoms with Gasteiger partial charge in [-0.2, -0.15) is 0 Å². The highest BCUT2D eigenvalue weighted by molar-refractivity contribution is 6.64. The van der Waals surface area contributed by atoms with Gasteiger partial charge in [0.15, 0.2) is 0 Å². The van der Waals surface area contributed by atoms with Crippen LogP contribution in [-0.4, -0.2) is 18.3 Å². The average Bonchev–Trinajstić information content (AvgIpc) is 1.82. The number of hydrogen-bond donors (Lipinski definition) is 1. The lowest BCUT2D eigenvalue weighted by Crippen LogP contribution is -2.30. The molecule has 0 aromatic carbocycles. The third-order valence-corrected chi connectivity index (χ3v) is 1.29. The molecule has 0 heterocycles. The van der Waals surface area contributed by atoms with E-state index in [4.69, 9.17) is 11.6 Å². The second-order valence-electron chi connectivity index (χ2n) is 1.67. The van der Waals surface area contributed by atoms with Crippen LogP contribution in [-0.2, 0) is 4.79 Å². The van der Waals surface area contributed by atoms with Gasteiger partial charge in [-0.25, -0.2) is 0 Å². The van der Waals surface area contributed by atoms with Crippen LogP contribution in [0.15, 0.2) is 12.7 Å². The highest BCUT2D eigenvalue weighted by Gasteiger charge is 2.09. The summed E-state index contributed by atoms with van der Waals surface area (Å²) in [6, 6.07) is -0.274. The second kappa shape index (κ2) is 4.53. The van der Waals surface area contributed by atoms with Crippen molar-refractivity contribution in [1.29, 1.82) is 0 Å². The molecule has 0 fully saturated rings. The van der Waals surface area contributed by atoms with Crippen LogP contribution in [0.4, 0.5) is 0 Å². The first-order valence-corrected chi connectivity index (χ1v) is 3.07. The minimum absolute atomic E-state index is 0.274. The first kappa shape index (κ1) is 8.66. The van der Waals surface area contributed by atoms with E-state index in [1.807, 2.05) is 0 Å². The maximum absolute atomic E-state index is 10.4. The summed E-state index contributed by atoms with van der Waals surface area (Å²) in [5.41, 5.74) is 0. The Bertz CT molecular complexity index is 114. The van der Waals surface area contributed by atoms with Gasteiger partial charge in [0, 0.05) is 0 Å². The van der Waals surface area contributed by atoms with Crippen LogP contribution < -0.4 is 5.32 Å². The fourth-order valence-corrected chi connectivity index (χ4v) is 0.689. The van der Waals surface area contributed by atoms with E-state index in [0.29, 0.717) is 6.42 Å². The number of nitrogens with one attached hydrogen (secondary N) is 1. The average molecular weight is 148 g/mol. The van der Waals surface area contributed by atoms with E-state index < -0.39 is 0 Å². The van der Waals surface area contributed by atoms with Gasteiger partial charge in [-0.15, -0.1) is 6.58 Å². The Morgan fingerprint density at radius 2 is 2.56 bits per heavy atom. The molecular weight excluding hydrogens is 138 g/mol. The van der Waals surface area contributed by atoms with Gasteiger partial charge in [0.25, 0.3) is 0 Å². The summed E-state index contributed by atoms with van der Waals surface area (Å²) in [4.78, 5) is 10.4. The third-order valence-electron chi connectivity index (χ3n) is 1.02. The molecule has 0 aliphatic heterocycles. The number of carbonyl (C=O) groups is 1. The number of rotatable bonds is 4. The van der Waals surface area contributed by atoms with E-state index in [1.54, 1.807) is 13.1 Å². The molecule has 0 aliphatic carbocycles. The first-order chi connectivity index (χ1) is 4.22. The van der Waals surface area contributed by atoms with Crippen molar-refractivity contribution in [2.45, 2.75) is 12.5 Å². The predicted octanol–water partition coefficient (Wildman–Crippen LogP) is 0.916. The van der Waals surface area contributed by atoms with Gasteiger partial charge in [0.2, 0.25) is 5.24 Å².